The summed E-state index contributed by atoms with van der Waals surface area (Å²) in [5.74, 6) is 1.25. The quantitative estimate of drug-likeness (QED) is 0.598. The summed E-state index contributed by atoms with van der Waals surface area (Å²) < 4.78 is 0. The maximum absolute atomic E-state index is 11.7. The molecule has 0 spiro atoms. The highest BCUT2D eigenvalue weighted by Gasteiger charge is 2.46. The second kappa shape index (κ2) is 6.70. The molecule has 2 rings (SSSR count). The van der Waals surface area contributed by atoms with Crippen LogP contribution in [0.15, 0.2) is 0 Å². The van der Waals surface area contributed by atoms with Crippen molar-refractivity contribution >= 4 is 23.7 Å². The summed E-state index contributed by atoms with van der Waals surface area (Å²) in [6.07, 6.45) is 3.74. The fourth-order valence-corrected chi connectivity index (χ4v) is 4.61. The third-order valence-electron chi connectivity index (χ3n) is 4.39. The van der Waals surface area contributed by atoms with Crippen LogP contribution < -0.4 is 5.32 Å². The highest BCUT2D eigenvalue weighted by Crippen LogP contribution is 2.36. The first-order valence-electron chi connectivity index (χ1n) is 7.43. The number of thioether (sulfide) groups is 1. The number of amides is 3. The van der Waals surface area contributed by atoms with Crippen LogP contribution in [0.3, 0.4) is 0 Å². The van der Waals surface area contributed by atoms with Gasteiger partial charge in [0.05, 0.1) is 12.1 Å². The van der Waals surface area contributed by atoms with Gasteiger partial charge >= 0.3 is 6.03 Å². The van der Waals surface area contributed by atoms with E-state index >= 15 is 0 Å². The van der Waals surface area contributed by atoms with E-state index in [9.17, 15) is 9.59 Å². The van der Waals surface area contributed by atoms with Gasteiger partial charge in [-0.3, -0.25) is 4.79 Å². The number of hydrogen-bond acceptors (Lipinski definition) is 3. The van der Waals surface area contributed by atoms with Gasteiger partial charge in [0.15, 0.2) is 0 Å². The number of likely N-dealkylation sites (N-methyl/N-ethyl adjacent to an activating group) is 1. The summed E-state index contributed by atoms with van der Waals surface area (Å²) >= 11 is 1.96. The van der Waals surface area contributed by atoms with Gasteiger partial charge in [0, 0.05) is 38.1 Å². The Labute approximate surface area is 125 Å². The number of urea groups is 1. The maximum atomic E-state index is 11.7. The number of nitrogens with zero attached hydrogens (tertiary/aromatic N) is 2. The summed E-state index contributed by atoms with van der Waals surface area (Å²) in [7, 11) is 3.74. The fourth-order valence-electron chi connectivity index (χ4n) is 2.97. The SMILES string of the molecule is CCN(C)C(=O)CCCC[C@@H]1SCC2NC(=O)N(C)[C@@H]21. The van der Waals surface area contributed by atoms with E-state index in [1.54, 1.807) is 4.90 Å². The first-order valence-corrected chi connectivity index (χ1v) is 8.48. The van der Waals surface area contributed by atoms with E-state index < -0.39 is 0 Å². The van der Waals surface area contributed by atoms with Gasteiger partial charge in [-0.2, -0.15) is 11.8 Å². The van der Waals surface area contributed by atoms with Crippen molar-refractivity contribution < 1.29 is 9.59 Å². The maximum Gasteiger partial charge on any atom is 0.317 e. The molecule has 1 N–H and O–H groups in total. The Kier molecular flexibility index (Phi) is 5.18. The number of hydrogen-bond donors (Lipinski definition) is 1. The van der Waals surface area contributed by atoms with E-state index in [-0.39, 0.29) is 11.9 Å². The standard InChI is InChI=1S/C14H25N3O2S/c1-4-16(2)12(18)8-6-5-7-11-13-10(9-20-11)15-14(19)17(13)3/h10-11,13H,4-9H2,1-3H3,(H,15,19)/t10?,11-,13-/m0/s1. The van der Waals surface area contributed by atoms with Crippen molar-refractivity contribution in [1.29, 1.82) is 0 Å². The van der Waals surface area contributed by atoms with Crippen LogP contribution in [-0.2, 0) is 4.79 Å². The third-order valence-corrected chi connectivity index (χ3v) is 5.88. The molecule has 0 radical (unpaired) electrons. The largest absolute Gasteiger partial charge is 0.346 e. The van der Waals surface area contributed by atoms with Crippen LogP contribution in [0.1, 0.15) is 32.6 Å². The van der Waals surface area contributed by atoms with E-state index in [2.05, 4.69) is 5.32 Å². The van der Waals surface area contributed by atoms with E-state index in [4.69, 9.17) is 0 Å². The lowest BCUT2D eigenvalue weighted by Crippen LogP contribution is -2.38. The van der Waals surface area contributed by atoms with E-state index in [0.29, 0.717) is 23.8 Å². The van der Waals surface area contributed by atoms with Crippen molar-refractivity contribution in [3.63, 3.8) is 0 Å². The van der Waals surface area contributed by atoms with Gasteiger partial charge in [-0.1, -0.05) is 6.42 Å². The molecule has 2 heterocycles. The molecule has 114 valence electrons. The molecule has 2 aliphatic heterocycles. The Balaban J connectivity index is 1.70. The van der Waals surface area contributed by atoms with Gasteiger partial charge < -0.3 is 15.1 Å². The lowest BCUT2D eigenvalue weighted by Gasteiger charge is -2.23. The molecule has 3 amide bonds. The lowest BCUT2D eigenvalue weighted by atomic mass is 10.0. The molecule has 0 saturated carbocycles. The van der Waals surface area contributed by atoms with Crippen LogP contribution in [0.2, 0.25) is 0 Å². The Morgan fingerprint density at radius 2 is 2.25 bits per heavy atom. The second-order valence-electron chi connectivity index (χ2n) is 5.68. The monoisotopic (exact) mass is 299 g/mol. The zero-order chi connectivity index (χ0) is 14.7. The van der Waals surface area contributed by atoms with Crippen LogP contribution >= 0.6 is 11.8 Å². The average molecular weight is 299 g/mol. The molecule has 0 aromatic carbocycles. The van der Waals surface area contributed by atoms with Crippen molar-refractivity contribution in [3.8, 4) is 0 Å². The smallest absolute Gasteiger partial charge is 0.317 e. The summed E-state index contributed by atoms with van der Waals surface area (Å²) in [5.41, 5.74) is 0. The minimum Gasteiger partial charge on any atom is -0.346 e. The Hall–Kier alpha value is -0.910. The Bertz CT molecular complexity index is 377. The number of fused-ring (bicyclic) bond motifs is 1. The first-order chi connectivity index (χ1) is 9.54. The Morgan fingerprint density at radius 3 is 2.95 bits per heavy atom. The molecule has 20 heavy (non-hydrogen) atoms. The van der Waals surface area contributed by atoms with Gasteiger partial charge in [-0.05, 0) is 19.8 Å². The number of nitrogens with one attached hydrogen (secondary N) is 1. The van der Waals surface area contributed by atoms with Crippen LogP contribution in [0, 0.1) is 0 Å². The molecule has 6 heteroatoms. The molecule has 2 fully saturated rings. The zero-order valence-electron chi connectivity index (χ0n) is 12.6. The third kappa shape index (κ3) is 3.22. The normalized spacial score (nSPS) is 28.4. The molecular weight excluding hydrogens is 274 g/mol. The number of carbonyl (C=O) groups excluding carboxylic acids is 2. The van der Waals surface area contributed by atoms with Crippen molar-refractivity contribution in [3.05, 3.63) is 0 Å². The van der Waals surface area contributed by atoms with Crippen molar-refractivity contribution in [2.75, 3.05) is 26.4 Å². The van der Waals surface area contributed by atoms with Crippen molar-refractivity contribution in [1.82, 2.24) is 15.1 Å². The number of rotatable bonds is 6. The zero-order valence-corrected chi connectivity index (χ0v) is 13.4. The number of carbonyl (C=O) groups is 2. The van der Waals surface area contributed by atoms with Crippen LogP contribution in [0.5, 0.6) is 0 Å². The molecule has 2 saturated heterocycles. The molecule has 2 aliphatic rings. The fraction of sp³-hybridized carbons (Fsp3) is 0.857. The Morgan fingerprint density at radius 1 is 1.50 bits per heavy atom. The van der Waals surface area contributed by atoms with Gasteiger partial charge in [0.2, 0.25) is 5.91 Å². The lowest BCUT2D eigenvalue weighted by molar-refractivity contribution is -0.129. The van der Waals surface area contributed by atoms with Gasteiger partial charge in [0.25, 0.3) is 0 Å². The van der Waals surface area contributed by atoms with Gasteiger partial charge in [0.1, 0.15) is 0 Å². The molecule has 1 unspecified atom stereocenters. The summed E-state index contributed by atoms with van der Waals surface area (Å²) in [6.45, 7) is 2.77. The minimum atomic E-state index is 0.0602. The minimum absolute atomic E-state index is 0.0602. The van der Waals surface area contributed by atoms with E-state index in [1.807, 2.05) is 37.7 Å². The second-order valence-corrected chi connectivity index (χ2v) is 6.96. The predicted molar refractivity (Wildman–Crippen MR) is 81.9 cm³/mol. The molecular formula is C14H25N3O2S. The van der Waals surface area contributed by atoms with Crippen LogP contribution in [0.4, 0.5) is 4.79 Å². The number of unbranched alkanes of at least 4 members (excludes halogenated alkanes) is 1. The molecule has 0 aromatic heterocycles. The summed E-state index contributed by atoms with van der Waals surface area (Å²) in [4.78, 5) is 26.9. The van der Waals surface area contributed by atoms with Crippen LogP contribution in [-0.4, -0.2) is 65.5 Å². The highest BCUT2D eigenvalue weighted by atomic mass is 32.2. The molecule has 5 nitrogen and oxygen atoms in total. The van der Waals surface area contributed by atoms with Gasteiger partial charge in [-0.15, -0.1) is 0 Å². The van der Waals surface area contributed by atoms with Gasteiger partial charge in [-0.25, -0.2) is 4.79 Å². The molecule has 3 atom stereocenters. The van der Waals surface area contributed by atoms with E-state index in [1.165, 1.54) is 0 Å². The van der Waals surface area contributed by atoms with E-state index in [0.717, 1.165) is 31.6 Å². The molecule has 0 aliphatic carbocycles. The first kappa shape index (κ1) is 15.5. The summed E-state index contributed by atoms with van der Waals surface area (Å²) in [6, 6.07) is 0.710. The molecule has 0 bridgehead atoms. The van der Waals surface area contributed by atoms with Crippen molar-refractivity contribution in [2.45, 2.75) is 49.9 Å². The summed E-state index contributed by atoms with van der Waals surface area (Å²) in [5, 5.41) is 3.55. The van der Waals surface area contributed by atoms with Crippen molar-refractivity contribution in [2.24, 2.45) is 0 Å². The predicted octanol–water partition coefficient (Wildman–Crippen LogP) is 1.53. The van der Waals surface area contributed by atoms with Crippen LogP contribution in [0.25, 0.3) is 0 Å². The molecule has 0 aromatic rings. The highest BCUT2D eigenvalue weighted by molar-refractivity contribution is 8.00. The average Bonchev–Trinajstić information content (AvgIpc) is 2.95. The topological polar surface area (TPSA) is 52.7 Å².